The Morgan fingerprint density at radius 1 is 1.57 bits per heavy atom. The first-order valence-corrected chi connectivity index (χ1v) is 5.39. The topological polar surface area (TPSA) is 40.7 Å². The van der Waals surface area contributed by atoms with E-state index in [0.717, 1.165) is 24.5 Å². The molecule has 0 unspecified atom stereocenters. The molecule has 1 rings (SSSR count). The van der Waals surface area contributed by atoms with Crippen LogP contribution >= 0.6 is 12.2 Å². The molecule has 1 heterocycles. The Balaban J connectivity index is 2.89. The molecule has 0 saturated carbocycles. The van der Waals surface area contributed by atoms with Crippen molar-refractivity contribution in [1.29, 1.82) is 0 Å². The summed E-state index contributed by atoms with van der Waals surface area (Å²) in [6.07, 6.45) is 2.01. The fourth-order valence-corrected chi connectivity index (χ4v) is 1.48. The molecular weight excluding hydrogens is 194 g/mol. The summed E-state index contributed by atoms with van der Waals surface area (Å²) in [6.45, 7) is 6.31. The number of nitrogens with zero attached hydrogens (tertiary/aromatic N) is 1. The van der Waals surface area contributed by atoms with Crippen LogP contribution in [0.2, 0.25) is 0 Å². The van der Waals surface area contributed by atoms with Crippen LogP contribution in [0.3, 0.4) is 0 Å². The zero-order chi connectivity index (χ0) is 10.6. The highest BCUT2D eigenvalue weighted by molar-refractivity contribution is 7.71. The lowest BCUT2D eigenvalue weighted by atomic mass is 10.3. The number of hydrogen-bond donors (Lipinski definition) is 2. The van der Waals surface area contributed by atoms with E-state index >= 15 is 0 Å². The van der Waals surface area contributed by atoms with Crippen molar-refractivity contribution in [1.82, 2.24) is 9.97 Å². The van der Waals surface area contributed by atoms with Crippen molar-refractivity contribution >= 4 is 18.0 Å². The van der Waals surface area contributed by atoms with Gasteiger partial charge in [-0.2, -0.15) is 0 Å². The first-order valence-electron chi connectivity index (χ1n) is 4.98. The normalized spacial score (nSPS) is 10.6. The summed E-state index contributed by atoms with van der Waals surface area (Å²) in [4.78, 5) is 7.48. The van der Waals surface area contributed by atoms with Crippen LogP contribution in [0.1, 0.15) is 33.0 Å². The molecule has 3 nitrogen and oxygen atoms in total. The Labute approximate surface area is 90.0 Å². The van der Waals surface area contributed by atoms with Gasteiger partial charge in [0.15, 0.2) is 0 Å². The Morgan fingerprint density at radius 3 is 2.86 bits per heavy atom. The molecule has 0 bridgehead atoms. The van der Waals surface area contributed by atoms with Crippen molar-refractivity contribution in [2.45, 2.75) is 39.7 Å². The van der Waals surface area contributed by atoms with Crippen LogP contribution in [0.15, 0.2) is 6.07 Å². The molecule has 1 aromatic rings. The molecule has 1 aromatic heterocycles. The van der Waals surface area contributed by atoms with E-state index < -0.39 is 0 Å². The smallest absolute Gasteiger partial charge is 0.131 e. The fourth-order valence-electron chi connectivity index (χ4n) is 1.25. The van der Waals surface area contributed by atoms with Crippen LogP contribution in [0.5, 0.6) is 0 Å². The Hall–Kier alpha value is -0.900. The lowest BCUT2D eigenvalue weighted by molar-refractivity contribution is 0.819. The number of H-pyrrole nitrogens is 1. The van der Waals surface area contributed by atoms with Crippen molar-refractivity contribution < 1.29 is 0 Å². The van der Waals surface area contributed by atoms with E-state index in [1.807, 2.05) is 6.07 Å². The minimum atomic E-state index is 0.400. The first-order chi connectivity index (χ1) is 6.61. The molecule has 0 amide bonds. The summed E-state index contributed by atoms with van der Waals surface area (Å²) in [5.74, 6) is 1.92. The fraction of sp³-hybridized carbons (Fsp3) is 0.600. The molecule has 2 N–H and O–H groups in total. The van der Waals surface area contributed by atoms with E-state index in [9.17, 15) is 0 Å². The summed E-state index contributed by atoms with van der Waals surface area (Å²) >= 11 is 5.08. The first kappa shape index (κ1) is 11.2. The molecule has 0 aliphatic carbocycles. The van der Waals surface area contributed by atoms with Gasteiger partial charge in [0.1, 0.15) is 16.3 Å². The molecule has 0 saturated heterocycles. The quantitative estimate of drug-likeness (QED) is 0.752. The van der Waals surface area contributed by atoms with Gasteiger partial charge in [0, 0.05) is 18.5 Å². The molecular formula is C10H17N3S. The van der Waals surface area contributed by atoms with E-state index in [1.54, 1.807) is 0 Å². The van der Waals surface area contributed by atoms with Gasteiger partial charge in [-0.25, -0.2) is 4.98 Å². The summed E-state index contributed by atoms with van der Waals surface area (Å²) in [6, 6.07) is 2.26. The minimum absolute atomic E-state index is 0.400. The third-order valence-electron chi connectivity index (χ3n) is 1.72. The molecule has 0 atom stereocenters. The molecule has 78 valence electrons. The largest absolute Gasteiger partial charge is 0.369 e. The van der Waals surface area contributed by atoms with Crippen LogP contribution in [-0.2, 0) is 6.42 Å². The summed E-state index contributed by atoms with van der Waals surface area (Å²) in [5, 5.41) is 3.28. The predicted molar refractivity (Wildman–Crippen MR) is 62.2 cm³/mol. The average molecular weight is 211 g/mol. The Morgan fingerprint density at radius 2 is 2.29 bits per heavy atom. The highest BCUT2D eigenvalue weighted by atomic mass is 32.1. The van der Waals surface area contributed by atoms with Crippen molar-refractivity contribution in [3.63, 3.8) is 0 Å². The lowest BCUT2D eigenvalue weighted by Crippen LogP contribution is -2.12. The third-order valence-corrected chi connectivity index (χ3v) is 1.93. The maximum absolute atomic E-state index is 5.08. The second kappa shape index (κ2) is 5.10. The van der Waals surface area contributed by atoms with Gasteiger partial charge in [-0.1, -0.05) is 19.1 Å². The van der Waals surface area contributed by atoms with E-state index in [-0.39, 0.29) is 0 Å². The van der Waals surface area contributed by atoms with Crippen molar-refractivity contribution in [3.05, 3.63) is 16.5 Å². The van der Waals surface area contributed by atoms with E-state index in [1.165, 1.54) is 0 Å². The van der Waals surface area contributed by atoms with Crippen molar-refractivity contribution in [2.24, 2.45) is 0 Å². The van der Waals surface area contributed by atoms with Crippen molar-refractivity contribution in [3.8, 4) is 0 Å². The van der Waals surface area contributed by atoms with E-state index in [0.29, 0.717) is 10.7 Å². The average Bonchev–Trinajstić information content (AvgIpc) is 2.01. The molecule has 0 fully saturated rings. The minimum Gasteiger partial charge on any atom is -0.369 e. The number of rotatable bonds is 4. The molecule has 0 spiro atoms. The third kappa shape index (κ3) is 3.46. The van der Waals surface area contributed by atoms with E-state index in [4.69, 9.17) is 12.2 Å². The lowest BCUT2D eigenvalue weighted by Gasteiger charge is -2.10. The van der Waals surface area contributed by atoms with Gasteiger partial charge in [-0.05, 0) is 20.3 Å². The number of aromatic amines is 1. The highest BCUT2D eigenvalue weighted by Gasteiger charge is 1.99. The highest BCUT2D eigenvalue weighted by Crippen LogP contribution is 2.06. The number of aromatic nitrogens is 2. The maximum Gasteiger partial charge on any atom is 0.131 e. The number of aryl methyl sites for hydroxylation is 1. The molecule has 0 aliphatic rings. The van der Waals surface area contributed by atoms with Gasteiger partial charge in [0.25, 0.3) is 0 Å². The predicted octanol–water partition coefficient (Wildman–Crippen LogP) is 2.91. The maximum atomic E-state index is 5.08. The zero-order valence-electron chi connectivity index (χ0n) is 8.92. The van der Waals surface area contributed by atoms with Crippen LogP contribution in [0.4, 0.5) is 5.82 Å². The van der Waals surface area contributed by atoms with E-state index in [2.05, 4.69) is 36.1 Å². The second-order valence-corrected chi connectivity index (χ2v) is 4.05. The second-order valence-electron chi connectivity index (χ2n) is 3.63. The van der Waals surface area contributed by atoms with Gasteiger partial charge >= 0.3 is 0 Å². The Kier molecular flexibility index (Phi) is 4.07. The van der Waals surface area contributed by atoms with Gasteiger partial charge in [-0.15, -0.1) is 0 Å². The van der Waals surface area contributed by atoms with Gasteiger partial charge in [0.05, 0.1) is 0 Å². The van der Waals surface area contributed by atoms with Crippen LogP contribution in [-0.4, -0.2) is 16.0 Å². The van der Waals surface area contributed by atoms with Gasteiger partial charge in [-0.3, -0.25) is 0 Å². The molecule has 0 aromatic carbocycles. The Bertz CT molecular complexity index is 343. The van der Waals surface area contributed by atoms with Gasteiger partial charge in [0.2, 0.25) is 0 Å². The zero-order valence-corrected chi connectivity index (χ0v) is 9.74. The van der Waals surface area contributed by atoms with Crippen LogP contribution in [0.25, 0.3) is 0 Å². The SMILES string of the molecule is CCCc1nc(=S)cc(NC(C)C)[nH]1. The standard InChI is InChI=1S/C10H17N3S/c1-4-5-8-12-9(11-7(2)3)6-10(14)13-8/h6-7H,4-5H2,1-3H3,(H2,11,12,13,14). The molecule has 14 heavy (non-hydrogen) atoms. The summed E-state index contributed by atoms with van der Waals surface area (Å²) < 4.78 is 0.648. The van der Waals surface area contributed by atoms with Crippen LogP contribution in [0, 0.1) is 4.64 Å². The van der Waals surface area contributed by atoms with Crippen molar-refractivity contribution in [2.75, 3.05) is 5.32 Å². The summed E-state index contributed by atoms with van der Waals surface area (Å²) in [5.41, 5.74) is 0. The molecule has 0 radical (unpaired) electrons. The van der Waals surface area contributed by atoms with Crippen LogP contribution < -0.4 is 5.32 Å². The number of nitrogens with one attached hydrogen (secondary N) is 2. The molecule has 0 aliphatic heterocycles. The van der Waals surface area contributed by atoms with Gasteiger partial charge < -0.3 is 10.3 Å². The number of hydrogen-bond acceptors (Lipinski definition) is 3. The molecule has 4 heteroatoms. The monoisotopic (exact) mass is 211 g/mol. The number of anilines is 1. The summed E-state index contributed by atoms with van der Waals surface area (Å²) in [7, 11) is 0.